The zero-order chi connectivity index (χ0) is 24.2. The first-order valence-corrected chi connectivity index (χ1v) is 12.7. The number of fused-ring (bicyclic) bond motifs is 1. The minimum atomic E-state index is 0.625. The topological polar surface area (TPSA) is 60.1 Å². The van der Waals surface area contributed by atoms with E-state index >= 15 is 0 Å². The van der Waals surface area contributed by atoms with Crippen molar-refractivity contribution in [3.63, 3.8) is 0 Å². The van der Waals surface area contributed by atoms with Gasteiger partial charge in [0.1, 0.15) is 11.3 Å². The van der Waals surface area contributed by atoms with Crippen LogP contribution in [0, 0.1) is 5.92 Å². The molecule has 0 aliphatic carbocycles. The smallest absolute Gasteiger partial charge is 0.154 e. The van der Waals surface area contributed by atoms with E-state index in [1.807, 2.05) is 12.3 Å². The van der Waals surface area contributed by atoms with Gasteiger partial charge < -0.3 is 20.1 Å². The molecule has 0 saturated carbocycles. The van der Waals surface area contributed by atoms with Gasteiger partial charge in [0.25, 0.3) is 0 Å². The van der Waals surface area contributed by atoms with Gasteiger partial charge in [0.05, 0.1) is 5.52 Å². The summed E-state index contributed by atoms with van der Waals surface area (Å²) in [5.41, 5.74) is 7.15. The number of H-pyrrole nitrogens is 1. The van der Waals surface area contributed by atoms with Crippen LogP contribution in [0.1, 0.15) is 36.4 Å². The first kappa shape index (κ1) is 23.4. The molecule has 0 bridgehead atoms. The summed E-state index contributed by atoms with van der Waals surface area (Å²) < 4.78 is 0. The standard InChI is InChI=1S/C29H36N6/c1-21(2)18-23-6-4-5-7-24(23)20-31-29-28-26(12-13-30-28)32-27(33-29)19-22-8-10-25(11-9-22)35-16-14-34(3)15-17-35/h4-13,21,30H,14-20H2,1-3H3,(H,31,32,33). The summed E-state index contributed by atoms with van der Waals surface area (Å²) in [6.07, 6.45) is 3.73. The minimum Gasteiger partial charge on any atom is -0.369 e. The maximum Gasteiger partial charge on any atom is 0.154 e. The van der Waals surface area contributed by atoms with Crippen molar-refractivity contribution in [2.24, 2.45) is 5.92 Å². The van der Waals surface area contributed by atoms with Gasteiger partial charge in [0, 0.05) is 51.0 Å². The summed E-state index contributed by atoms with van der Waals surface area (Å²) in [6, 6.07) is 19.6. The molecule has 0 amide bonds. The number of aromatic amines is 1. The van der Waals surface area contributed by atoms with Crippen molar-refractivity contribution >= 4 is 22.5 Å². The highest BCUT2D eigenvalue weighted by atomic mass is 15.2. The first-order valence-electron chi connectivity index (χ1n) is 12.7. The molecule has 0 unspecified atom stereocenters. The summed E-state index contributed by atoms with van der Waals surface area (Å²) in [5.74, 6) is 2.32. The number of nitrogens with zero attached hydrogens (tertiary/aromatic N) is 4. The van der Waals surface area contributed by atoms with Crippen LogP contribution in [0.25, 0.3) is 11.0 Å². The molecule has 0 atom stereocenters. The number of hydrogen-bond donors (Lipinski definition) is 2. The van der Waals surface area contributed by atoms with Crippen LogP contribution in [0.5, 0.6) is 0 Å². The van der Waals surface area contributed by atoms with E-state index in [2.05, 4.69) is 89.5 Å². The van der Waals surface area contributed by atoms with Gasteiger partial charge in [-0.2, -0.15) is 0 Å². The molecule has 0 radical (unpaired) electrons. The van der Waals surface area contributed by atoms with Gasteiger partial charge in [-0.05, 0) is 54.3 Å². The van der Waals surface area contributed by atoms with E-state index in [0.717, 1.165) is 61.8 Å². The third-order valence-corrected chi connectivity index (χ3v) is 6.81. The van der Waals surface area contributed by atoms with Crippen LogP contribution in [0.15, 0.2) is 60.8 Å². The van der Waals surface area contributed by atoms with Crippen molar-refractivity contribution in [3.05, 3.63) is 83.3 Å². The Labute approximate surface area is 208 Å². The number of aromatic nitrogens is 3. The fourth-order valence-corrected chi connectivity index (χ4v) is 4.82. The summed E-state index contributed by atoms with van der Waals surface area (Å²) in [5, 5.41) is 3.59. The first-order chi connectivity index (χ1) is 17.0. The van der Waals surface area contributed by atoms with Crippen LogP contribution in [-0.4, -0.2) is 53.1 Å². The highest BCUT2D eigenvalue weighted by Gasteiger charge is 2.15. The van der Waals surface area contributed by atoms with Gasteiger partial charge in [-0.25, -0.2) is 9.97 Å². The number of benzene rings is 2. The lowest BCUT2D eigenvalue weighted by atomic mass is 9.98. The fourth-order valence-electron chi connectivity index (χ4n) is 4.82. The van der Waals surface area contributed by atoms with E-state index in [1.54, 1.807) is 0 Å². The summed E-state index contributed by atoms with van der Waals surface area (Å²) in [6.45, 7) is 9.67. The predicted molar refractivity (Wildman–Crippen MR) is 145 cm³/mol. The van der Waals surface area contributed by atoms with E-state index in [9.17, 15) is 0 Å². The van der Waals surface area contributed by atoms with Gasteiger partial charge >= 0.3 is 0 Å². The van der Waals surface area contributed by atoms with Crippen molar-refractivity contribution in [2.75, 3.05) is 43.4 Å². The molecule has 1 aliphatic rings. The van der Waals surface area contributed by atoms with Gasteiger partial charge in [-0.1, -0.05) is 50.2 Å². The molecule has 1 saturated heterocycles. The van der Waals surface area contributed by atoms with Crippen molar-refractivity contribution < 1.29 is 0 Å². The van der Waals surface area contributed by atoms with E-state index in [4.69, 9.17) is 9.97 Å². The zero-order valence-electron chi connectivity index (χ0n) is 21.1. The highest BCUT2D eigenvalue weighted by Crippen LogP contribution is 2.23. The molecule has 182 valence electrons. The van der Waals surface area contributed by atoms with Crippen LogP contribution < -0.4 is 10.2 Å². The van der Waals surface area contributed by atoms with Crippen LogP contribution >= 0.6 is 0 Å². The number of anilines is 2. The average molecular weight is 469 g/mol. The number of nitrogens with one attached hydrogen (secondary N) is 2. The van der Waals surface area contributed by atoms with Crippen LogP contribution in [-0.2, 0) is 19.4 Å². The molecule has 6 heteroatoms. The monoisotopic (exact) mass is 468 g/mol. The molecule has 1 fully saturated rings. The van der Waals surface area contributed by atoms with Gasteiger partial charge in [-0.3, -0.25) is 0 Å². The predicted octanol–water partition coefficient (Wildman–Crippen LogP) is 5.11. The molecule has 0 spiro atoms. The third-order valence-electron chi connectivity index (χ3n) is 6.81. The molecule has 35 heavy (non-hydrogen) atoms. The van der Waals surface area contributed by atoms with E-state index in [-0.39, 0.29) is 0 Å². The lowest BCUT2D eigenvalue weighted by Gasteiger charge is -2.34. The number of hydrogen-bond acceptors (Lipinski definition) is 5. The number of likely N-dealkylation sites (N-methyl/N-ethyl adjacent to an activating group) is 1. The highest BCUT2D eigenvalue weighted by molar-refractivity contribution is 5.85. The van der Waals surface area contributed by atoms with Crippen molar-refractivity contribution in [3.8, 4) is 0 Å². The quantitative estimate of drug-likeness (QED) is 0.376. The fraction of sp³-hybridized carbons (Fsp3) is 0.379. The number of piperazine rings is 1. The molecule has 4 aromatic rings. The zero-order valence-corrected chi connectivity index (χ0v) is 21.1. The molecule has 5 rings (SSSR count). The lowest BCUT2D eigenvalue weighted by Crippen LogP contribution is -2.44. The Hall–Kier alpha value is -3.38. The Bertz CT molecular complexity index is 1250. The maximum atomic E-state index is 4.93. The second-order valence-corrected chi connectivity index (χ2v) is 10.1. The third kappa shape index (κ3) is 5.65. The average Bonchev–Trinajstić information content (AvgIpc) is 3.33. The molecular formula is C29H36N6. The molecule has 6 nitrogen and oxygen atoms in total. The van der Waals surface area contributed by atoms with Crippen molar-refractivity contribution in [1.82, 2.24) is 19.9 Å². The largest absolute Gasteiger partial charge is 0.369 e. The molecule has 2 N–H and O–H groups in total. The molecule has 1 aliphatic heterocycles. The van der Waals surface area contributed by atoms with Crippen LogP contribution in [0.3, 0.4) is 0 Å². The van der Waals surface area contributed by atoms with E-state index in [0.29, 0.717) is 12.3 Å². The van der Waals surface area contributed by atoms with Crippen LogP contribution in [0.4, 0.5) is 11.5 Å². The summed E-state index contributed by atoms with van der Waals surface area (Å²) in [7, 11) is 2.19. The maximum absolute atomic E-state index is 4.93. The Morgan fingerprint density at radius 2 is 1.66 bits per heavy atom. The molecular weight excluding hydrogens is 432 g/mol. The summed E-state index contributed by atoms with van der Waals surface area (Å²) in [4.78, 5) is 17.9. The number of rotatable bonds is 8. The van der Waals surface area contributed by atoms with E-state index in [1.165, 1.54) is 22.4 Å². The SMILES string of the molecule is CC(C)Cc1ccccc1CNc1nc(Cc2ccc(N3CCN(C)CC3)cc2)nc2cc[nH]c12. The minimum absolute atomic E-state index is 0.625. The van der Waals surface area contributed by atoms with Gasteiger partial charge in [-0.15, -0.1) is 0 Å². The lowest BCUT2D eigenvalue weighted by molar-refractivity contribution is 0.313. The van der Waals surface area contributed by atoms with Gasteiger partial charge in [0.2, 0.25) is 0 Å². The molecule has 2 aromatic heterocycles. The molecule has 3 heterocycles. The Kier molecular flexibility index (Phi) is 7.00. The Morgan fingerprint density at radius 3 is 2.40 bits per heavy atom. The molecule has 2 aromatic carbocycles. The van der Waals surface area contributed by atoms with Crippen molar-refractivity contribution in [2.45, 2.75) is 33.2 Å². The summed E-state index contributed by atoms with van der Waals surface area (Å²) >= 11 is 0. The normalized spacial score (nSPS) is 14.7. The Balaban J connectivity index is 1.32. The van der Waals surface area contributed by atoms with Crippen LogP contribution in [0.2, 0.25) is 0 Å². The van der Waals surface area contributed by atoms with Gasteiger partial charge in [0.15, 0.2) is 5.82 Å². The van der Waals surface area contributed by atoms with E-state index < -0.39 is 0 Å². The van der Waals surface area contributed by atoms with Crippen molar-refractivity contribution in [1.29, 1.82) is 0 Å². The second kappa shape index (κ2) is 10.5. The Morgan fingerprint density at radius 1 is 0.914 bits per heavy atom. The second-order valence-electron chi connectivity index (χ2n) is 10.1.